The Labute approximate surface area is 175 Å². The van der Waals surface area contributed by atoms with Gasteiger partial charge in [-0.1, -0.05) is 18.9 Å². The van der Waals surface area contributed by atoms with Crippen LogP contribution in [0, 0.1) is 0 Å². The fourth-order valence-corrected chi connectivity index (χ4v) is 4.70. The molecule has 1 N–H and O–H groups in total. The van der Waals surface area contributed by atoms with E-state index in [4.69, 9.17) is 9.72 Å². The first-order chi connectivity index (χ1) is 14.3. The molecule has 3 fully saturated rings. The quantitative estimate of drug-likeness (QED) is 0.616. The van der Waals surface area contributed by atoms with E-state index < -0.39 is 0 Å². The minimum atomic E-state index is 0.618. The maximum Gasteiger partial charge on any atom is 0.193 e. The summed E-state index contributed by atoms with van der Waals surface area (Å²) in [5.74, 6) is 2.12. The van der Waals surface area contributed by atoms with Crippen molar-refractivity contribution in [2.24, 2.45) is 4.99 Å². The average molecular weight is 401 g/mol. The lowest BCUT2D eigenvalue weighted by Crippen LogP contribution is -2.46. The van der Waals surface area contributed by atoms with Crippen LogP contribution < -0.4 is 10.2 Å². The van der Waals surface area contributed by atoms with E-state index in [0.29, 0.717) is 6.04 Å². The van der Waals surface area contributed by atoms with Crippen LogP contribution in [0.5, 0.6) is 0 Å². The monoisotopic (exact) mass is 400 g/mol. The molecule has 1 atom stereocenters. The number of nitrogens with zero attached hydrogens (tertiary/aromatic N) is 5. The second kappa shape index (κ2) is 10.3. The fraction of sp³-hybridized carbons (Fsp3) is 0.727. The Balaban J connectivity index is 1.27. The Morgan fingerprint density at radius 1 is 1.10 bits per heavy atom. The third-order valence-corrected chi connectivity index (χ3v) is 6.43. The highest BCUT2D eigenvalue weighted by atomic mass is 16.5. The van der Waals surface area contributed by atoms with Crippen LogP contribution in [0.3, 0.4) is 0 Å². The summed E-state index contributed by atoms with van der Waals surface area (Å²) in [5.41, 5.74) is 1.20. The molecule has 0 amide bonds. The predicted molar refractivity (Wildman–Crippen MR) is 117 cm³/mol. The lowest BCUT2D eigenvalue weighted by atomic mass is 10.2. The lowest BCUT2D eigenvalue weighted by molar-refractivity contribution is 0.0195. The van der Waals surface area contributed by atoms with Gasteiger partial charge in [0.25, 0.3) is 0 Å². The molecule has 4 rings (SSSR count). The van der Waals surface area contributed by atoms with Gasteiger partial charge in [-0.2, -0.15) is 0 Å². The van der Waals surface area contributed by atoms with Crippen LogP contribution in [0.25, 0.3) is 0 Å². The van der Waals surface area contributed by atoms with Gasteiger partial charge < -0.3 is 19.9 Å². The SMILES string of the molecule is CN=C(NCc1ccc(N2CCCCCC2)nc1)N1CCC(N2CCOCC2)C1. The molecule has 29 heavy (non-hydrogen) atoms. The van der Waals surface area contributed by atoms with Crippen LogP contribution in [0.4, 0.5) is 5.82 Å². The summed E-state index contributed by atoms with van der Waals surface area (Å²) in [6.45, 7) is 8.98. The zero-order valence-corrected chi connectivity index (χ0v) is 17.9. The lowest BCUT2D eigenvalue weighted by Gasteiger charge is -2.32. The Morgan fingerprint density at radius 2 is 1.90 bits per heavy atom. The molecule has 1 unspecified atom stereocenters. The minimum Gasteiger partial charge on any atom is -0.379 e. The molecular weight excluding hydrogens is 364 g/mol. The summed E-state index contributed by atoms with van der Waals surface area (Å²) in [6.07, 6.45) is 8.47. The van der Waals surface area contributed by atoms with Gasteiger partial charge in [0.15, 0.2) is 5.96 Å². The molecule has 1 aromatic rings. The smallest absolute Gasteiger partial charge is 0.193 e. The van der Waals surface area contributed by atoms with Gasteiger partial charge in [0, 0.05) is 65.1 Å². The summed E-state index contributed by atoms with van der Waals surface area (Å²) in [6, 6.07) is 5.00. The molecule has 160 valence electrons. The Morgan fingerprint density at radius 3 is 2.59 bits per heavy atom. The number of aliphatic imine (C=N–C) groups is 1. The third kappa shape index (κ3) is 5.39. The molecule has 1 aromatic heterocycles. The maximum atomic E-state index is 5.50. The summed E-state index contributed by atoms with van der Waals surface area (Å²) < 4.78 is 5.50. The largest absolute Gasteiger partial charge is 0.379 e. The predicted octanol–water partition coefficient (Wildman–Crippen LogP) is 1.94. The van der Waals surface area contributed by atoms with E-state index in [1.54, 1.807) is 0 Å². The van der Waals surface area contributed by atoms with E-state index in [1.165, 1.54) is 37.7 Å². The number of morpholine rings is 1. The number of pyridine rings is 1. The van der Waals surface area contributed by atoms with Crippen molar-refractivity contribution in [3.8, 4) is 0 Å². The van der Waals surface area contributed by atoms with Crippen molar-refractivity contribution in [3.05, 3.63) is 23.9 Å². The number of hydrogen-bond donors (Lipinski definition) is 1. The number of guanidine groups is 1. The first kappa shape index (κ1) is 20.4. The number of ether oxygens (including phenoxy) is 1. The molecule has 4 heterocycles. The van der Waals surface area contributed by atoms with Gasteiger partial charge in [-0.3, -0.25) is 9.89 Å². The van der Waals surface area contributed by atoms with Crippen molar-refractivity contribution in [1.29, 1.82) is 0 Å². The average Bonchev–Trinajstić information content (AvgIpc) is 3.10. The Bertz CT molecular complexity index is 650. The molecule has 0 saturated carbocycles. The summed E-state index contributed by atoms with van der Waals surface area (Å²) in [5, 5.41) is 3.54. The van der Waals surface area contributed by atoms with Crippen LogP contribution in [-0.2, 0) is 11.3 Å². The zero-order chi connectivity index (χ0) is 19.9. The maximum absolute atomic E-state index is 5.50. The van der Waals surface area contributed by atoms with Crippen molar-refractivity contribution >= 4 is 11.8 Å². The molecule has 7 nitrogen and oxygen atoms in total. The van der Waals surface area contributed by atoms with Gasteiger partial charge in [0.05, 0.1) is 13.2 Å². The van der Waals surface area contributed by atoms with Gasteiger partial charge in [-0.05, 0) is 30.9 Å². The highest BCUT2D eigenvalue weighted by molar-refractivity contribution is 5.80. The Hall–Kier alpha value is -1.86. The van der Waals surface area contributed by atoms with Gasteiger partial charge in [0.1, 0.15) is 5.82 Å². The van der Waals surface area contributed by atoms with Gasteiger partial charge >= 0.3 is 0 Å². The molecule has 0 aliphatic carbocycles. The van der Waals surface area contributed by atoms with Crippen molar-refractivity contribution in [1.82, 2.24) is 20.1 Å². The van der Waals surface area contributed by atoms with E-state index in [9.17, 15) is 0 Å². The van der Waals surface area contributed by atoms with Crippen LogP contribution in [-0.4, -0.2) is 86.3 Å². The van der Waals surface area contributed by atoms with Gasteiger partial charge in [0.2, 0.25) is 0 Å². The number of likely N-dealkylation sites (tertiary alicyclic amines) is 1. The van der Waals surface area contributed by atoms with Crippen molar-refractivity contribution < 1.29 is 4.74 Å². The first-order valence-corrected chi connectivity index (χ1v) is 11.3. The van der Waals surface area contributed by atoms with Crippen LogP contribution >= 0.6 is 0 Å². The third-order valence-electron chi connectivity index (χ3n) is 6.43. The van der Waals surface area contributed by atoms with E-state index in [1.807, 2.05) is 13.2 Å². The summed E-state index contributed by atoms with van der Waals surface area (Å²) in [7, 11) is 1.88. The van der Waals surface area contributed by atoms with Crippen molar-refractivity contribution in [2.45, 2.75) is 44.7 Å². The number of rotatable bonds is 4. The molecular formula is C22H36N6O. The minimum absolute atomic E-state index is 0.618. The van der Waals surface area contributed by atoms with E-state index in [-0.39, 0.29) is 0 Å². The normalized spacial score (nSPS) is 24.6. The van der Waals surface area contributed by atoms with Gasteiger partial charge in [-0.15, -0.1) is 0 Å². The van der Waals surface area contributed by atoms with Gasteiger partial charge in [-0.25, -0.2) is 4.98 Å². The Kier molecular flexibility index (Phi) is 7.22. The van der Waals surface area contributed by atoms with Crippen LogP contribution in [0.15, 0.2) is 23.3 Å². The fourth-order valence-electron chi connectivity index (χ4n) is 4.70. The van der Waals surface area contributed by atoms with Crippen LogP contribution in [0.2, 0.25) is 0 Å². The zero-order valence-electron chi connectivity index (χ0n) is 17.9. The van der Waals surface area contributed by atoms with E-state index in [0.717, 1.165) is 70.8 Å². The van der Waals surface area contributed by atoms with E-state index in [2.05, 4.69) is 37.1 Å². The molecule has 0 spiro atoms. The standard InChI is InChI=1S/C22H36N6O/c1-23-22(28-11-8-20(18-28)26-12-14-29-15-13-26)25-17-19-6-7-21(24-16-19)27-9-4-2-3-5-10-27/h6-7,16,20H,2-5,8-15,17-18H2,1H3,(H,23,25). The molecule has 3 aliphatic rings. The highest BCUT2D eigenvalue weighted by Crippen LogP contribution is 2.19. The number of hydrogen-bond acceptors (Lipinski definition) is 5. The topological polar surface area (TPSA) is 56.2 Å². The first-order valence-electron chi connectivity index (χ1n) is 11.3. The second-order valence-corrected chi connectivity index (χ2v) is 8.36. The second-order valence-electron chi connectivity index (χ2n) is 8.36. The summed E-state index contributed by atoms with van der Waals surface area (Å²) in [4.78, 5) is 16.6. The molecule has 0 aromatic carbocycles. The molecule has 0 bridgehead atoms. The highest BCUT2D eigenvalue weighted by Gasteiger charge is 2.30. The molecule has 3 aliphatic heterocycles. The number of aromatic nitrogens is 1. The molecule has 7 heteroatoms. The van der Waals surface area contributed by atoms with Crippen molar-refractivity contribution in [2.75, 3.05) is 64.4 Å². The number of anilines is 1. The summed E-state index contributed by atoms with van der Waals surface area (Å²) >= 11 is 0. The van der Waals surface area contributed by atoms with Crippen molar-refractivity contribution in [3.63, 3.8) is 0 Å². The molecule has 3 saturated heterocycles. The van der Waals surface area contributed by atoms with Crippen LogP contribution in [0.1, 0.15) is 37.7 Å². The molecule has 0 radical (unpaired) electrons. The number of nitrogens with one attached hydrogen (secondary N) is 1. The van der Waals surface area contributed by atoms with E-state index >= 15 is 0 Å².